The van der Waals surface area contributed by atoms with E-state index in [4.69, 9.17) is 23.2 Å². The second-order valence-electron chi connectivity index (χ2n) is 3.49. The molecule has 0 saturated carbocycles. The summed E-state index contributed by atoms with van der Waals surface area (Å²) in [4.78, 5) is 0. The number of aromatic nitrogens is 3. The summed E-state index contributed by atoms with van der Waals surface area (Å²) in [5, 5.41) is 12.2. The molecule has 2 rings (SSSR count). The lowest BCUT2D eigenvalue weighted by Crippen LogP contribution is -2.15. The Morgan fingerprint density at radius 2 is 2.00 bits per heavy atom. The van der Waals surface area contributed by atoms with Crippen LogP contribution >= 0.6 is 23.2 Å². The molecule has 0 saturated heterocycles. The molecule has 2 aromatic rings. The molecule has 1 N–H and O–H groups in total. The van der Waals surface area contributed by atoms with Gasteiger partial charge in [0.2, 0.25) is 0 Å². The quantitative estimate of drug-likeness (QED) is 0.929. The maximum absolute atomic E-state index is 6.13. The van der Waals surface area contributed by atoms with E-state index >= 15 is 0 Å². The molecule has 0 atom stereocenters. The van der Waals surface area contributed by atoms with Crippen molar-refractivity contribution < 1.29 is 0 Å². The van der Waals surface area contributed by atoms with Crippen LogP contribution in [0.1, 0.15) is 12.6 Å². The number of nitrogens with one attached hydrogen (secondary N) is 1. The van der Waals surface area contributed by atoms with Crippen LogP contribution in [0.5, 0.6) is 0 Å². The Morgan fingerprint density at radius 3 is 2.65 bits per heavy atom. The fraction of sp³-hybridized carbons (Fsp3) is 0.273. The molecule has 0 aliphatic carbocycles. The fourth-order valence-corrected chi connectivity index (χ4v) is 2.07. The van der Waals surface area contributed by atoms with Gasteiger partial charge in [-0.2, -0.15) is 0 Å². The Kier molecular flexibility index (Phi) is 3.99. The highest BCUT2D eigenvalue weighted by molar-refractivity contribution is 6.37. The molecule has 90 valence electrons. The number of hydrogen-bond donors (Lipinski definition) is 1. The molecule has 17 heavy (non-hydrogen) atoms. The monoisotopic (exact) mass is 270 g/mol. The van der Waals surface area contributed by atoms with Gasteiger partial charge >= 0.3 is 0 Å². The summed E-state index contributed by atoms with van der Waals surface area (Å²) in [6.07, 6.45) is 1.70. The highest BCUT2D eigenvalue weighted by Gasteiger charge is 2.12. The van der Waals surface area contributed by atoms with Crippen LogP contribution in [-0.2, 0) is 6.54 Å². The van der Waals surface area contributed by atoms with Gasteiger partial charge in [-0.1, -0.05) is 41.4 Å². The smallest absolute Gasteiger partial charge is 0.104 e. The Balaban J connectivity index is 2.43. The number of halogens is 2. The zero-order chi connectivity index (χ0) is 12.3. The summed E-state index contributed by atoms with van der Waals surface area (Å²) in [5.74, 6) is 0. The average molecular weight is 271 g/mol. The van der Waals surface area contributed by atoms with Crippen molar-refractivity contribution in [3.63, 3.8) is 0 Å². The van der Waals surface area contributed by atoms with E-state index in [0.717, 1.165) is 12.2 Å². The molecule has 1 aromatic heterocycles. The first-order chi connectivity index (χ1) is 8.24. The van der Waals surface area contributed by atoms with Crippen LogP contribution in [0.25, 0.3) is 5.69 Å². The summed E-state index contributed by atoms with van der Waals surface area (Å²) in [7, 11) is 0. The van der Waals surface area contributed by atoms with Gasteiger partial charge in [-0.3, -0.25) is 0 Å². The molecule has 0 spiro atoms. The summed E-state index contributed by atoms with van der Waals surface area (Å²) in [6, 6.07) is 5.36. The predicted molar refractivity (Wildman–Crippen MR) is 68.8 cm³/mol. The summed E-state index contributed by atoms with van der Waals surface area (Å²) < 4.78 is 1.66. The van der Waals surface area contributed by atoms with Crippen molar-refractivity contribution in [2.24, 2.45) is 0 Å². The summed E-state index contributed by atoms with van der Waals surface area (Å²) >= 11 is 12.3. The minimum absolute atomic E-state index is 0.556. The number of benzene rings is 1. The lowest BCUT2D eigenvalue weighted by atomic mass is 10.3. The zero-order valence-corrected chi connectivity index (χ0v) is 10.8. The van der Waals surface area contributed by atoms with Gasteiger partial charge < -0.3 is 5.32 Å². The first kappa shape index (κ1) is 12.4. The van der Waals surface area contributed by atoms with Crippen LogP contribution in [0, 0.1) is 0 Å². The third-order valence-corrected chi connectivity index (χ3v) is 2.94. The summed E-state index contributed by atoms with van der Waals surface area (Å²) in [5.41, 5.74) is 1.59. The van der Waals surface area contributed by atoms with Gasteiger partial charge in [-0.15, -0.1) is 5.10 Å². The zero-order valence-electron chi connectivity index (χ0n) is 9.32. The van der Waals surface area contributed by atoms with E-state index in [9.17, 15) is 0 Å². The SMILES string of the molecule is CCNCc1cnnn1-c1c(Cl)cccc1Cl. The average Bonchev–Trinajstić information content (AvgIpc) is 2.74. The summed E-state index contributed by atoms with van der Waals surface area (Å²) in [6.45, 7) is 3.59. The van der Waals surface area contributed by atoms with Crippen molar-refractivity contribution in [2.75, 3.05) is 6.54 Å². The van der Waals surface area contributed by atoms with Crippen molar-refractivity contribution in [3.05, 3.63) is 40.1 Å². The first-order valence-electron chi connectivity index (χ1n) is 5.28. The highest BCUT2D eigenvalue weighted by Crippen LogP contribution is 2.28. The van der Waals surface area contributed by atoms with Gasteiger partial charge in [0.15, 0.2) is 0 Å². The Hall–Kier alpha value is -1.10. The normalized spacial score (nSPS) is 10.8. The van der Waals surface area contributed by atoms with E-state index in [1.165, 1.54) is 0 Å². The third kappa shape index (κ3) is 2.60. The molecule has 0 amide bonds. The molecule has 0 fully saturated rings. The predicted octanol–water partition coefficient (Wildman–Crippen LogP) is 2.68. The number of rotatable bonds is 4. The van der Waals surface area contributed by atoms with Gasteiger partial charge in [-0.25, -0.2) is 4.68 Å². The van der Waals surface area contributed by atoms with Crippen molar-refractivity contribution in [3.8, 4) is 5.69 Å². The van der Waals surface area contributed by atoms with Crippen molar-refractivity contribution >= 4 is 23.2 Å². The second kappa shape index (κ2) is 5.49. The molecule has 0 aliphatic rings. The van der Waals surface area contributed by atoms with Gasteiger partial charge in [0.25, 0.3) is 0 Å². The van der Waals surface area contributed by atoms with E-state index in [-0.39, 0.29) is 0 Å². The molecule has 0 bridgehead atoms. The van der Waals surface area contributed by atoms with Gasteiger partial charge in [-0.05, 0) is 18.7 Å². The Labute approximate surface area is 110 Å². The number of hydrogen-bond acceptors (Lipinski definition) is 3. The van der Waals surface area contributed by atoms with Gasteiger partial charge in [0.1, 0.15) is 5.69 Å². The molecule has 1 aromatic carbocycles. The minimum Gasteiger partial charge on any atom is -0.311 e. The lowest BCUT2D eigenvalue weighted by Gasteiger charge is -2.09. The second-order valence-corrected chi connectivity index (χ2v) is 4.30. The van der Waals surface area contributed by atoms with E-state index in [2.05, 4.69) is 15.6 Å². The van der Waals surface area contributed by atoms with E-state index in [0.29, 0.717) is 22.3 Å². The van der Waals surface area contributed by atoms with E-state index < -0.39 is 0 Å². The van der Waals surface area contributed by atoms with E-state index in [1.54, 1.807) is 29.1 Å². The van der Waals surface area contributed by atoms with Crippen LogP contribution in [0.4, 0.5) is 0 Å². The lowest BCUT2D eigenvalue weighted by molar-refractivity contribution is 0.672. The molecule has 0 unspecified atom stereocenters. The van der Waals surface area contributed by atoms with Crippen molar-refractivity contribution in [1.82, 2.24) is 20.3 Å². The molecule has 0 aliphatic heterocycles. The molecular weight excluding hydrogens is 259 g/mol. The minimum atomic E-state index is 0.556. The van der Waals surface area contributed by atoms with Crippen LogP contribution in [0.15, 0.2) is 24.4 Å². The van der Waals surface area contributed by atoms with Crippen molar-refractivity contribution in [2.45, 2.75) is 13.5 Å². The molecule has 0 radical (unpaired) electrons. The highest BCUT2D eigenvalue weighted by atomic mass is 35.5. The molecule has 1 heterocycles. The van der Waals surface area contributed by atoms with Crippen LogP contribution in [0.3, 0.4) is 0 Å². The van der Waals surface area contributed by atoms with E-state index in [1.807, 2.05) is 6.92 Å². The molecule has 4 nitrogen and oxygen atoms in total. The van der Waals surface area contributed by atoms with Crippen molar-refractivity contribution in [1.29, 1.82) is 0 Å². The first-order valence-corrected chi connectivity index (χ1v) is 6.04. The maximum Gasteiger partial charge on any atom is 0.104 e. The van der Waals surface area contributed by atoms with Crippen LogP contribution in [0.2, 0.25) is 10.0 Å². The Bertz CT molecular complexity index is 490. The van der Waals surface area contributed by atoms with Crippen LogP contribution < -0.4 is 5.32 Å². The molecular formula is C11H12Cl2N4. The number of nitrogens with zero attached hydrogens (tertiary/aromatic N) is 3. The largest absolute Gasteiger partial charge is 0.311 e. The third-order valence-electron chi connectivity index (χ3n) is 2.33. The maximum atomic E-state index is 6.13. The topological polar surface area (TPSA) is 42.7 Å². The van der Waals surface area contributed by atoms with Gasteiger partial charge in [0.05, 0.1) is 21.9 Å². The Morgan fingerprint density at radius 1 is 1.29 bits per heavy atom. The molecule has 6 heteroatoms. The van der Waals surface area contributed by atoms with Gasteiger partial charge in [0, 0.05) is 6.54 Å². The standard InChI is InChI=1S/C11H12Cl2N4/c1-2-14-6-8-7-15-16-17(8)11-9(12)4-3-5-10(11)13/h3-5,7,14H,2,6H2,1H3. The number of para-hydroxylation sites is 1. The van der Waals surface area contributed by atoms with Crippen LogP contribution in [-0.4, -0.2) is 21.5 Å². The fourth-order valence-electron chi connectivity index (χ4n) is 1.51.